The molecular formula is C75H82ClN7O17S. The minimum Gasteiger partial charge on any atom is -0.479 e. The number of ether oxygens (including phenoxy) is 6. The molecule has 1 atom stereocenters. The number of nitrogens with zero attached hydrogens (tertiary/aromatic N) is 6. The van der Waals surface area contributed by atoms with E-state index in [4.69, 9.17) is 54.1 Å². The number of carbonyl (C=O) groups is 4. The number of halogens is 1. The maximum atomic E-state index is 13.5. The Morgan fingerprint density at radius 1 is 0.733 bits per heavy atom. The predicted molar refractivity (Wildman–Crippen MR) is 380 cm³/mol. The highest BCUT2D eigenvalue weighted by Crippen LogP contribution is 2.42. The highest BCUT2D eigenvalue weighted by molar-refractivity contribution is 7.90. The summed E-state index contributed by atoms with van der Waals surface area (Å²) in [5, 5.41) is 11.1. The van der Waals surface area contributed by atoms with Crippen LogP contribution in [0.4, 0.5) is 0 Å². The van der Waals surface area contributed by atoms with E-state index in [0.29, 0.717) is 121 Å². The van der Waals surface area contributed by atoms with E-state index in [1.165, 1.54) is 35.6 Å². The first-order valence-corrected chi connectivity index (χ1v) is 35.3. The summed E-state index contributed by atoms with van der Waals surface area (Å²) in [6.07, 6.45) is 4.27. The lowest BCUT2D eigenvalue weighted by Gasteiger charge is -2.27. The van der Waals surface area contributed by atoms with Gasteiger partial charge in [0.1, 0.15) is 34.7 Å². The fourth-order valence-corrected chi connectivity index (χ4v) is 12.5. The van der Waals surface area contributed by atoms with Crippen LogP contribution in [0.25, 0.3) is 22.2 Å². The van der Waals surface area contributed by atoms with Crippen molar-refractivity contribution in [2.75, 3.05) is 39.3 Å². The number of hydrogen-bond acceptors (Lipinski definition) is 20. The number of oxazole rings is 1. The summed E-state index contributed by atoms with van der Waals surface area (Å²) in [4.78, 5) is 89.7. The second kappa shape index (κ2) is 32.7. The monoisotopic (exact) mass is 1420 g/mol. The molecule has 9 aromatic rings. The first-order chi connectivity index (χ1) is 48.2. The van der Waals surface area contributed by atoms with E-state index in [-0.39, 0.29) is 33.6 Å². The third kappa shape index (κ3) is 17.4. The largest absolute Gasteiger partial charge is 0.479 e. The number of oxime groups is 2. The van der Waals surface area contributed by atoms with Gasteiger partial charge in [-0.05, 0) is 139 Å². The van der Waals surface area contributed by atoms with Gasteiger partial charge >= 0.3 is 24.0 Å². The van der Waals surface area contributed by atoms with Gasteiger partial charge in [-0.1, -0.05) is 114 Å². The van der Waals surface area contributed by atoms with Crippen molar-refractivity contribution in [2.24, 2.45) is 22.8 Å². The minimum absolute atomic E-state index is 0.00623. The third-order valence-corrected chi connectivity index (χ3v) is 17.9. The highest BCUT2D eigenvalue weighted by atomic mass is 35.5. The van der Waals surface area contributed by atoms with Crippen LogP contribution in [0.3, 0.4) is 0 Å². The predicted octanol–water partition coefficient (Wildman–Crippen LogP) is 12.4. The normalized spacial score (nSPS) is 14.1. The van der Waals surface area contributed by atoms with Crippen molar-refractivity contribution in [2.45, 2.75) is 125 Å². The molecule has 6 aromatic carbocycles. The van der Waals surface area contributed by atoms with Crippen molar-refractivity contribution in [1.82, 2.24) is 24.1 Å². The van der Waals surface area contributed by atoms with Gasteiger partial charge in [0.05, 0.1) is 62.0 Å². The summed E-state index contributed by atoms with van der Waals surface area (Å²) in [6.45, 7) is 21.3. The summed E-state index contributed by atoms with van der Waals surface area (Å²) in [5.74, 6) is -0.267. The molecule has 0 saturated carbocycles. The van der Waals surface area contributed by atoms with Gasteiger partial charge < -0.3 is 47.6 Å². The van der Waals surface area contributed by atoms with E-state index >= 15 is 0 Å². The Hall–Kier alpha value is -10.4. The lowest BCUT2D eigenvalue weighted by Crippen LogP contribution is -2.29. The van der Waals surface area contributed by atoms with Gasteiger partial charge in [-0.3, -0.25) is 23.9 Å². The smallest absolute Gasteiger partial charge is 0.400 e. The molecular weight excluding hydrogens is 1340 g/mol. The molecule has 6 heterocycles. The Bertz CT molecular complexity index is 4730. The molecule has 3 aliphatic rings. The maximum Gasteiger partial charge on any atom is 0.400 e. The first-order valence-electron chi connectivity index (χ1n) is 33.0. The third-order valence-electron chi connectivity index (χ3n) is 16.5. The second-order valence-corrected chi connectivity index (χ2v) is 27.2. The Kier molecular flexibility index (Phi) is 24.3. The lowest BCUT2D eigenvalue weighted by atomic mass is 9.82. The molecule has 0 bridgehead atoms. The molecule has 0 fully saturated rings. The number of hydrogen-bond donors (Lipinski definition) is 1. The van der Waals surface area contributed by atoms with Crippen molar-refractivity contribution in [3.8, 4) is 34.6 Å². The Balaban J connectivity index is 0.000000157. The number of aromatic nitrogens is 5. The lowest BCUT2D eigenvalue weighted by molar-refractivity contribution is -0.150. The molecule has 26 heteroatoms. The van der Waals surface area contributed by atoms with E-state index in [9.17, 15) is 37.2 Å². The number of benzene rings is 6. The van der Waals surface area contributed by atoms with Crippen molar-refractivity contribution in [3.63, 3.8) is 0 Å². The Morgan fingerprint density at radius 3 is 1.92 bits per heavy atom. The van der Waals surface area contributed by atoms with Crippen molar-refractivity contribution in [3.05, 3.63) is 209 Å². The van der Waals surface area contributed by atoms with E-state index in [1.807, 2.05) is 81.4 Å². The molecule has 12 rings (SSSR count). The zero-order chi connectivity index (χ0) is 72.9. The number of aryl methyl sites for hydroxylation is 4. The fourth-order valence-electron chi connectivity index (χ4n) is 11.4. The second-order valence-electron chi connectivity index (χ2n) is 24.8. The van der Waals surface area contributed by atoms with Crippen LogP contribution >= 0.6 is 11.6 Å². The van der Waals surface area contributed by atoms with Gasteiger partial charge in [0.25, 0.3) is 11.1 Å². The molecule has 532 valence electrons. The van der Waals surface area contributed by atoms with Crippen molar-refractivity contribution < 1.29 is 70.1 Å². The number of nitrogens with one attached hydrogen (secondary N) is 1. The van der Waals surface area contributed by atoms with Crippen LogP contribution in [0.2, 0.25) is 5.02 Å². The molecule has 101 heavy (non-hydrogen) atoms. The maximum absolute atomic E-state index is 13.5. The fraction of sp³-hybridized carbons (Fsp3) is 0.347. The summed E-state index contributed by atoms with van der Waals surface area (Å²) < 4.78 is 66.9. The zero-order valence-electron chi connectivity index (χ0n) is 58.5. The Morgan fingerprint density at radius 2 is 1.36 bits per heavy atom. The van der Waals surface area contributed by atoms with Crippen molar-refractivity contribution in [1.29, 1.82) is 0 Å². The van der Waals surface area contributed by atoms with E-state index in [0.717, 1.165) is 46.9 Å². The molecule has 3 aromatic heterocycles. The van der Waals surface area contributed by atoms with E-state index in [1.54, 1.807) is 79.5 Å². The molecule has 0 saturated heterocycles. The summed E-state index contributed by atoms with van der Waals surface area (Å²) in [7, 11) is -2.02. The minimum atomic E-state index is -3.52. The van der Waals surface area contributed by atoms with Crippen LogP contribution in [-0.4, -0.2) is 113 Å². The van der Waals surface area contributed by atoms with Gasteiger partial charge in [-0.15, -0.1) is 0 Å². The van der Waals surface area contributed by atoms with Crippen LogP contribution in [0.15, 0.2) is 163 Å². The summed E-state index contributed by atoms with van der Waals surface area (Å²) >= 11 is 5.91. The quantitative estimate of drug-likeness (QED) is 0.0616. The number of rotatable bonds is 18. The number of aromatic amines is 1. The first kappa shape index (κ1) is 74.8. The molecule has 0 aliphatic carbocycles. The van der Waals surface area contributed by atoms with Gasteiger partial charge in [0, 0.05) is 59.3 Å². The van der Waals surface area contributed by atoms with Crippen molar-refractivity contribution >= 4 is 67.7 Å². The average molecular weight is 1420 g/mol. The average Bonchev–Trinajstić information content (AvgIpc) is 1.66. The van der Waals surface area contributed by atoms with Crippen LogP contribution in [0, 0.1) is 19.3 Å². The number of carbonyl (C=O) groups excluding carboxylic acids is 4. The molecule has 0 radical (unpaired) electrons. The van der Waals surface area contributed by atoms with E-state index in [2.05, 4.69) is 53.3 Å². The van der Waals surface area contributed by atoms with Gasteiger partial charge in [0.15, 0.2) is 38.6 Å². The zero-order valence-corrected chi connectivity index (χ0v) is 60.0. The van der Waals surface area contributed by atoms with Gasteiger partial charge in [-0.2, -0.15) is 4.98 Å². The number of esters is 3. The van der Waals surface area contributed by atoms with Crippen LogP contribution in [0.5, 0.6) is 23.5 Å². The molecule has 0 amide bonds. The summed E-state index contributed by atoms with van der Waals surface area (Å²) in [6, 6.07) is 38.6. The van der Waals surface area contributed by atoms with Gasteiger partial charge in [-0.25, -0.2) is 27.4 Å². The molecule has 1 unspecified atom stereocenters. The Labute approximate surface area is 589 Å². The topological polar surface area (TPSA) is 292 Å². The summed E-state index contributed by atoms with van der Waals surface area (Å²) in [5.41, 5.74) is 7.77. The van der Waals surface area contributed by atoms with E-state index < -0.39 is 50.2 Å². The standard InChI is InChI=1S/C23H32N2O4.C18H16ClNO5.C18H17NO3.C16H17N3O5S/c1-7-16-13-15(3)14-17(8-2)18(16)19-20(26)24-9-11-28-12-10-25(24)21(19)29-22(27)23(4,5)6;1-3-22-17(21)11(2)23-13-5-7-14(8-6-13)24-18-20-15-9-4-12(19)10-16(15)25-18;1-2-21-17(20)16-13-18(22-19-16,14-9-5-3-6-10-14)15-11-7-4-8-12-15;1-9-10(15(20)11-8-17-19(2)16(11)21)4-5-13(25(3,22)23)14(9)12-6-7-24-18-12/h13-14H,7-12H2,1-6H3;4-11H,3H2,1-2H3;3-12H,2,13H2,1H3;4-5,8,17H,6-7H2,1-3H3. The molecule has 24 nitrogen and oxygen atoms in total. The molecule has 0 spiro atoms. The van der Waals surface area contributed by atoms with Crippen LogP contribution < -0.4 is 25.3 Å². The number of fused-ring (bicyclic) bond motifs is 2. The molecule has 3 aliphatic heterocycles. The number of sulfone groups is 1. The highest BCUT2D eigenvalue weighted by Gasteiger charge is 2.45. The van der Waals surface area contributed by atoms with Crippen LogP contribution in [0.1, 0.15) is 123 Å². The van der Waals surface area contributed by atoms with Gasteiger partial charge in [0.2, 0.25) is 5.88 Å². The van der Waals surface area contributed by atoms with Crippen LogP contribution in [-0.2, 0) is 86.7 Å². The SMILES string of the molecule is CCOC(=O)C(C)Oc1ccc(Oc2nc3ccc(Cl)cc3o2)cc1.CCOC(=O)C1=NOC(c2ccccc2)(c2ccccc2)C1.CCc1cc(C)cc(CC)c1-c1c(OC(=O)C(C)(C)C)n2n(c1=O)CCOCC2.Cc1c(C(=O)c2c[nH]n(C)c2=O)ccc(S(C)(=O)=O)c1C1=NOCC1. The number of H-pyrrole nitrogens is 1. The number of ketones is 1. The molecule has 1 N–H and O–H groups in total.